The molecule has 3 aromatic rings. The number of benzene rings is 3. The fraction of sp³-hybridized carbons (Fsp3) is 0.240. The van der Waals surface area contributed by atoms with Gasteiger partial charge in [0.25, 0.3) is 0 Å². The summed E-state index contributed by atoms with van der Waals surface area (Å²) in [5, 5.41) is 0. The molecule has 0 radical (unpaired) electrons. The van der Waals surface area contributed by atoms with Crippen LogP contribution >= 0.6 is 0 Å². The molecular formula is C25H27NO3. The maximum atomic E-state index is 13.1. The lowest BCUT2D eigenvalue weighted by Crippen LogP contribution is -2.30. The summed E-state index contributed by atoms with van der Waals surface area (Å²) in [6, 6.07) is 26.0. The van der Waals surface area contributed by atoms with E-state index in [-0.39, 0.29) is 5.91 Å². The molecular weight excluding hydrogens is 362 g/mol. The molecule has 0 aliphatic heterocycles. The monoisotopic (exact) mass is 389 g/mol. The van der Waals surface area contributed by atoms with Crippen LogP contribution in [0.5, 0.6) is 11.5 Å². The molecule has 0 heterocycles. The van der Waals surface area contributed by atoms with Gasteiger partial charge in [-0.1, -0.05) is 66.7 Å². The molecule has 1 amide bonds. The van der Waals surface area contributed by atoms with Gasteiger partial charge >= 0.3 is 0 Å². The van der Waals surface area contributed by atoms with Crippen LogP contribution in [-0.4, -0.2) is 25.0 Å². The highest BCUT2D eigenvalue weighted by Gasteiger charge is 2.15. The number of amides is 1. The van der Waals surface area contributed by atoms with Crippen molar-refractivity contribution in [2.24, 2.45) is 0 Å². The summed E-state index contributed by atoms with van der Waals surface area (Å²) in [6.07, 6.45) is 1.09. The number of ether oxygens (including phenoxy) is 2. The zero-order valence-electron chi connectivity index (χ0n) is 17.0. The van der Waals surface area contributed by atoms with E-state index in [9.17, 15) is 4.79 Å². The Balaban J connectivity index is 1.70. The van der Waals surface area contributed by atoms with Crippen LogP contribution in [0.2, 0.25) is 0 Å². The Morgan fingerprint density at radius 3 is 1.79 bits per heavy atom. The molecule has 150 valence electrons. The van der Waals surface area contributed by atoms with Gasteiger partial charge in [0.15, 0.2) is 11.5 Å². The maximum absolute atomic E-state index is 13.1. The van der Waals surface area contributed by atoms with Crippen LogP contribution in [0.15, 0.2) is 78.9 Å². The van der Waals surface area contributed by atoms with Crippen LogP contribution in [0.25, 0.3) is 0 Å². The smallest absolute Gasteiger partial charge is 0.223 e. The van der Waals surface area contributed by atoms with Crippen molar-refractivity contribution in [2.45, 2.75) is 25.9 Å². The summed E-state index contributed by atoms with van der Waals surface area (Å²) in [4.78, 5) is 15.0. The Kier molecular flexibility index (Phi) is 7.28. The number of hydrogen-bond donors (Lipinski definition) is 0. The highest BCUT2D eigenvalue weighted by atomic mass is 16.5. The zero-order chi connectivity index (χ0) is 20.5. The van der Waals surface area contributed by atoms with Crippen LogP contribution in [0.3, 0.4) is 0 Å². The topological polar surface area (TPSA) is 38.8 Å². The minimum atomic E-state index is 0.132. The van der Waals surface area contributed by atoms with Gasteiger partial charge in [-0.2, -0.15) is 0 Å². The highest BCUT2D eigenvalue weighted by Crippen LogP contribution is 2.28. The first-order valence-corrected chi connectivity index (χ1v) is 9.76. The first kappa shape index (κ1) is 20.5. The third-order valence-corrected chi connectivity index (χ3v) is 4.86. The van der Waals surface area contributed by atoms with Gasteiger partial charge in [0.05, 0.1) is 14.2 Å². The van der Waals surface area contributed by atoms with Crippen LogP contribution in [0, 0.1) is 0 Å². The predicted molar refractivity (Wildman–Crippen MR) is 115 cm³/mol. The molecule has 0 atom stereocenters. The standard InChI is InChI=1S/C25H27NO3/c1-28-23-15-13-20(17-24(23)29-2)14-16-25(27)26(18-21-9-5-3-6-10-21)19-22-11-7-4-8-12-22/h3-13,15,17H,14,16,18-19H2,1-2H3. The molecule has 0 aliphatic carbocycles. The molecule has 0 aromatic heterocycles. The van der Waals surface area contributed by atoms with Crippen molar-refractivity contribution >= 4 is 5.91 Å². The van der Waals surface area contributed by atoms with Gasteiger partial charge in [0.1, 0.15) is 0 Å². The number of hydrogen-bond acceptors (Lipinski definition) is 3. The SMILES string of the molecule is COc1ccc(CCC(=O)N(Cc2ccccc2)Cc2ccccc2)cc1OC. The molecule has 0 fully saturated rings. The highest BCUT2D eigenvalue weighted by molar-refractivity contribution is 5.76. The van der Waals surface area contributed by atoms with E-state index in [2.05, 4.69) is 24.3 Å². The predicted octanol–water partition coefficient (Wildman–Crippen LogP) is 4.87. The van der Waals surface area contributed by atoms with E-state index in [1.165, 1.54) is 0 Å². The number of carbonyl (C=O) groups is 1. The van der Waals surface area contributed by atoms with Gasteiger partial charge in [0.2, 0.25) is 5.91 Å². The van der Waals surface area contributed by atoms with E-state index in [1.807, 2.05) is 59.5 Å². The Bertz CT molecular complexity index is 868. The Morgan fingerprint density at radius 1 is 0.724 bits per heavy atom. The van der Waals surface area contributed by atoms with Crippen molar-refractivity contribution in [1.82, 2.24) is 4.90 Å². The first-order valence-electron chi connectivity index (χ1n) is 9.76. The van der Waals surface area contributed by atoms with Crippen molar-refractivity contribution in [3.05, 3.63) is 95.6 Å². The average molecular weight is 389 g/mol. The van der Waals surface area contributed by atoms with Crippen molar-refractivity contribution in [3.63, 3.8) is 0 Å². The molecule has 0 bridgehead atoms. The van der Waals surface area contributed by atoms with Gasteiger partial charge in [-0.25, -0.2) is 0 Å². The summed E-state index contributed by atoms with van der Waals surface area (Å²) in [5.74, 6) is 1.51. The molecule has 0 spiro atoms. The summed E-state index contributed by atoms with van der Waals surface area (Å²) < 4.78 is 10.7. The van der Waals surface area contributed by atoms with E-state index >= 15 is 0 Å². The summed E-state index contributed by atoms with van der Waals surface area (Å²) in [6.45, 7) is 1.20. The number of rotatable bonds is 9. The molecule has 0 saturated carbocycles. The number of methoxy groups -OCH3 is 2. The summed E-state index contributed by atoms with van der Waals surface area (Å²) in [7, 11) is 3.24. The van der Waals surface area contributed by atoms with Gasteiger partial charge < -0.3 is 14.4 Å². The number of nitrogens with zero attached hydrogens (tertiary/aromatic N) is 1. The summed E-state index contributed by atoms with van der Waals surface area (Å²) >= 11 is 0. The molecule has 4 heteroatoms. The fourth-order valence-corrected chi connectivity index (χ4v) is 3.29. The minimum absolute atomic E-state index is 0.132. The molecule has 4 nitrogen and oxygen atoms in total. The Morgan fingerprint density at radius 2 is 1.28 bits per heavy atom. The van der Waals surface area contributed by atoms with E-state index < -0.39 is 0 Å². The Hall–Kier alpha value is -3.27. The van der Waals surface area contributed by atoms with E-state index in [0.717, 1.165) is 16.7 Å². The lowest BCUT2D eigenvalue weighted by atomic mass is 10.1. The molecule has 3 aromatic carbocycles. The van der Waals surface area contributed by atoms with Crippen LogP contribution in [0.1, 0.15) is 23.1 Å². The van der Waals surface area contributed by atoms with E-state index in [1.54, 1.807) is 14.2 Å². The molecule has 29 heavy (non-hydrogen) atoms. The van der Waals surface area contributed by atoms with Gasteiger partial charge in [-0.3, -0.25) is 4.79 Å². The molecule has 3 rings (SSSR count). The van der Waals surface area contributed by atoms with Crippen molar-refractivity contribution in [2.75, 3.05) is 14.2 Å². The minimum Gasteiger partial charge on any atom is -0.493 e. The third-order valence-electron chi connectivity index (χ3n) is 4.86. The Labute approximate surface area is 172 Å². The van der Waals surface area contributed by atoms with Crippen LogP contribution in [0.4, 0.5) is 0 Å². The van der Waals surface area contributed by atoms with Crippen molar-refractivity contribution in [3.8, 4) is 11.5 Å². The first-order chi connectivity index (χ1) is 14.2. The summed E-state index contributed by atoms with van der Waals surface area (Å²) in [5.41, 5.74) is 3.31. The van der Waals surface area contributed by atoms with Crippen LogP contribution in [-0.2, 0) is 24.3 Å². The van der Waals surface area contributed by atoms with Gasteiger partial charge in [0, 0.05) is 19.5 Å². The average Bonchev–Trinajstić information content (AvgIpc) is 2.78. The fourth-order valence-electron chi connectivity index (χ4n) is 3.29. The molecule has 0 aliphatic rings. The third kappa shape index (κ3) is 5.85. The van der Waals surface area contributed by atoms with Crippen molar-refractivity contribution in [1.29, 1.82) is 0 Å². The molecule has 0 unspecified atom stereocenters. The quantitative estimate of drug-likeness (QED) is 0.524. The molecule has 0 N–H and O–H groups in total. The second-order valence-electron chi connectivity index (χ2n) is 6.91. The second-order valence-corrected chi connectivity index (χ2v) is 6.91. The van der Waals surface area contributed by atoms with Crippen molar-refractivity contribution < 1.29 is 14.3 Å². The molecule has 0 saturated heterocycles. The van der Waals surface area contributed by atoms with Crippen LogP contribution < -0.4 is 9.47 Å². The second kappa shape index (κ2) is 10.3. The number of carbonyl (C=O) groups excluding carboxylic acids is 1. The maximum Gasteiger partial charge on any atom is 0.223 e. The lowest BCUT2D eigenvalue weighted by molar-refractivity contribution is -0.132. The number of aryl methyl sites for hydroxylation is 1. The van der Waals surface area contributed by atoms with Gasteiger partial charge in [-0.15, -0.1) is 0 Å². The lowest BCUT2D eigenvalue weighted by Gasteiger charge is -2.23. The van der Waals surface area contributed by atoms with E-state index in [0.29, 0.717) is 37.4 Å². The zero-order valence-corrected chi connectivity index (χ0v) is 17.0. The largest absolute Gasteiger partial charge is 0.493 e. The normalized spacial score (nSPS) is 10.4. The van der Waals surface area contributed by atoms with Gasteiger partial charge in [-0.05, 0) is 35.2 Å². The van der Waals surface area contributed by atoms with E-state index in [4.69, 9.17) is 9.47 Å².